The van der Waals surface area contributed by atoms with Crippen molar-refractivity contribution in [3.63, 3.8) is 0 Å². The molecule has 0 saturated heterocycles. The quantitative estimate of drug-likeness (QED) is 0.944. The minimum absolute atomic E-state index is 0.466. The molecule has 4 heteroatoms. The predicted octanol–water partition coefficient (Wildman–Crippen LogP) is 3.25. The van der Waals surface area contributed by atoms with Crippen LogP contribution in [0.25, 0.3) is 5.69 Å². The van der Waals surface area contributed by atoms with Crippen LogP contribution in [-0.4, -0.2) is 14.7 Å². The highest BCUT2D eigenvalue weighted by molar-refractivity contribution is 9.10. The van der Waals surface area contributed by atoms with Crippen molar-refractivity contribution < 1.29 is 5.11 Å². The summed E-state index contributed by atoms with van der Waals surface area (Å²) in [7, 11) is 0. The fourth-order valence-electron chi connectivity index (χ4n) is 1.84. The van der Waals surface area contributed by atoms with Gasteiger partial charge in [0.15, 0.2) is 0 Å². The van der Waals surface area contributed by atoms with Gasteiger partial charge in [-0.3, -0.25) is 0 Å². The van der Waals surface area contributed by atoms with E-state index in [-0.39, 0.29) is 0 Å². The molecule has 0 fully saturated rings. The molecule has 0 amide bonds. The highest BCUT2D eigenvalue weighted by Gasteiger charge is 2.09. The maximum Gasteiger partial charge on any atom is 0.112 e. The monoisotopic (exact) mass is 294 g/mol. The van der Waals surface area contributed by atoms with E-state index in [0.717, 1.165) is 28.0 Å². The van der Waals surface area contributed by atoms with Crippen LogP contribution in [-0.2, 0) is 6.42 Å². The Balaban J connectivity index is 2.45. The van der Waals surface area contributed by atoms with Crippen molar-refractivity contribution in [2.45, 2.75) is 26.4 Å². The highest BCUT2D eigenvalue weighted by atomic mass is 79.9. The molecule has 2 aromatic rings. The molecule has 3 nitrogen and oxygen atoms in total. The zero-order chi connectivity index (χ0) is 12.4. The molecule has 1 unspecified atom stereocenters. The first-order valence-electron chi connectivity index (χ1n) is 5.63. The van der Waals surface area contributed by atoms with Crippen LogP contribution in [0.1, 0.15) is 31.3 Å². The molecule has 1 aromatic heterocycles. The third kappa shape index (κ3) is 2.42. The van der Waals surface area contributed by atoms with E-state index in [4.69, 9.17) is 0 Å². The third-order valence-electron chi connectivity index (χ3n) is 2.75. The van der Waals surface area contributed by atoms with E-state index >= 15 is 0 Å². The average Bonchev–Trinajstić information content (AvgIpc) is 2.76. The topological polar surface area (TPSA) is 38.0 Å². The number of rotatable bonds is 3. The van der Waals surface area contributed by atoms with Crippen molar-refractivity contribution in [1.82, 2.24) is 9.55 Å². The molecule has 90 valence electrons. The maximum atomic E-state index is 9.58. The van der Waals surface area contributed by atoms with Gasteiger partial charge in [-0.1, -0.05) is 28.9 Å². The Bertz CT molecular complexity index is 520. The smallest absolute Gasteiger partial charge is 0.112 e. The van der Waals surface area contributed by atoms with Gasteiger partial charge in [0.2, 0.25) is 0 Å². The Morgan fingerprint density at radius 1 is 1.47 bits per heavy atom. The van der Waals surface area contributed by atoms with E-state index in [9.17, 15) is 5.11 Å². The van der Waals surface area contributed by atoms with Crippen LogP contribution < -0.4 is 0 Å². The van der Waals surface area contributed by atoms with Gasteiger partial charge in [-0.25, -0.2) is 4.98 Å². The zero-order valence-electron chi connectivity index (χ0n) is 9.89. The van der Waals surface area contributed by atoms with Crippen molar-refractivity contribution in [1.29, 1.82) is 0 Å². The lowest BCUT2D eigenvalue weighted by Gasteiger charge is -2.11. The van der Waals surface area contributed by atoms with Crippen LogP contribution in [0, 0.1) is 0 Å². The number of aromatic nitrogens is 2. The van der Waals surface area contributed by atoms with Crippen molar-refractivity contribution in [3.8, 4) is 5.69 Å². The maximum absolute atomic E-state index is 9.58. The molecule has 1 aromatic carbocycles. The molecule has 1 atom stereocenters. The third-order valence-corrected chi connectivity index (χ3v) is 3.43. The van der Waals surface area contributed by atoms with Crippen LogP contribution >= 0.6 is 15.9 Å². The Labute approximate surface area is 109 Å². The van der Waals surface area contributed by atoms with Crippen LogP contribution in [0.5, 0.6) is 0 Å². The second-order valence-electron chi connectivity index (χ2n) is 3.95. The number of aliphatic hydroxyl groups is 1. The number of aliphatic hydroxyl groups excluding tert-OH is 1. The van der Waals surface area contributed by atoms with E-state index in [1.807, 2.05) is 24.4 Å². The number of hydrogen-bond acceptors (Lipinski definition) is 2. The molecule has 0 bridgehead atoms. The van der Waals surface area contributed by atoms with Gasteiger partial charge in [0, 0.05) is 29.0 Å². The van der Waals surface area contributed by atoms with Crippen LogP contribution in [0.15, 0.2) is 35.1 Å². The average molecular weight is 295 g/mol. The Kier molecular flexibility index (Phi) is 3.64. The lowest BCUT2D eigenvalue weighted by atomic mass is 10.1. The van der Waals surface area contributed by atoms with Crippen molar-refractivity contribution in [3.05, 3.63) is 46.5 Å². The van der Waals surface area contributed by atoms with E-state index in [1.165, 1.54) is 0 Å². The van der Waals surface area contributed by atoms with Crippen LogP contribution in [0.3, 0.4) is 0 Å². The van der Waals surface area contributed by atoms with E-state index in [2.05, 4.69) is 32.4 Å². The number of hydrogen-bond donors (Lipinski definition) is 1. The molecule has 0 aliphatic heterocycles. The fourth-order valence-corrected chi connectivity index (χ4v) is 2.53. The van der Waals surface area contributed by atoms with Crippen molar-refractivity contribution in [2.75, 3.05) is 0 Å². The first-order valence-corrected chi connectivity index (χ1v) is 6.43. The second-order valence-corrected chi connectivity index (χ2v) is 4.80. The standard InChI is InChI=1S/C13H15BrN2O/c1-3-13-15-6-7-16(13)10-4-5-11(9(2)17)12(14)8-10/h4-9,17H,3H2,1-2H3. The van der Waals surface area contributed by atoms with Crippen molar-refractivity contribution >= 4 is 15.9 Å². The first kappa shape index (κ1) is 12.3. The SMILES string of the molecule is CCc1nccn1-c1ccc(C(C)O)c(Br)c1. The molecule has 17 heavy (non-hydrogen) atoms. The highest BCUT2D eigenvalue weighted by Crippen LogP contribution is 2.26. The van der Waals surface area contributed by atoms with Crippen LogP contribution in [0.2, 0.25) is 0 Å². The summed E-state index contributed by atoms with van der Waals surface area (Å²) in [6.07, 6.45) is 4.17. The summed E-state index contributed by atoms with van der Waals surface area (Å²) in [6.45, 7) is 3.84. The molecule has 0 aliphatic rings. The first-order chi connectivity index (χ1) is 8.13. The number of aryl methyl sites for hydroxylation is 1. The lowest BCUT2D eigenvalue weighted by molar-refractivity contribution is 0.198. The molecular weight excluding hydrogens is 280 g/mol. The molecule has 1 N–H and O–H groups in total. The number of benzene rings is 1. The summed E-state index contributed by atoms with van der Waals surface area (Å²) < 4.78 is 2.97. The van der Waals surface area contributed by atoms with Gasteiger partial charge in [-0.15, -0.1) is 0 Å². The number of halogens is 1. The number of nitrogens with zero attached hydrogens (tertiary/aromatic N) is 2. The molecule has 0 spiro atoms. The second kappa shape index (κ2) is 5.02. The minimum Gasteiger partial charge on any atom is -0.389 e. The largest absolute Gasteiger partial charge is 0.389 e. The van der Waals surface area contributed by atoms with E-state index < -0.39 is 6.10 Å². The lowest BCUT2D eigenvalue weighted by Crippen LogP contribution is -2.00. The molecule has 0 radical (unpaired) electrons. The molecule has 1 heterocycles. The van der Waals surface area contributed by atoms with Crippen LogP contribution in [0.4, 0.5) is 0 Å². The van der Waals surface area contributed by atoms with Gasteiger partial charge in [-0.2, -0.15) is 0 Å². The Morgan fingerprint density at radius 3 is 2.82 bits per heavy atom. The molecule has 0 aliphatic carbocycles. The molecule has 2 rings (SSSR count). The number of imidazole rings is 1. The summed E-state index contributed by atoms with van der Waals surface area (Å²) in [5, 5.41) is 9.58. The van der Waals surface area contributed by atoms with Gasteiger partial charge in [0.1, 0.15) is 5.82 Å². The van der Waals surface area contributed by atoms with E-state index in [0.29, 0.717) is 0 Å². The minimum atomic E-state index is -0.466. The summed E-state index contributed by atoms with van der Waals surface area (Å²) in [4.78, 5) is 4.30. The molecule has 0 saturated carbocycles. The predicted molar refractivity (Wildman–Crippen MR) is 71.3 cm³/mol. The summed E-state index contributed by atoms with van der Waals surface area (Å²) in [5.74, 6) is 1.03. The Morgan fingerprint density at radius 2 is 2.24 bits per heavy atom. The van der Waals surface area contributed by atoms with Gasteiger partial charge < -0.3 is 9.67 Å². The van der Waals surface area contributed by atoms with Gasteiger partial charge in [-0.05, 0) is 24.6 Å². The van der Waals surface area contributed by atoms with Gasteiger partial charge in [0.05, 0.1) is 6.10 Å². The zero-order valence-corrected chi connectivity index (χ0v) is 11.5. The van der Waals surface area contributed by atoms with Gasteiger partial charge in [0.25, 0.3) is 0 Å². The van der Waals surface area contributed by atoms with E-state index in [1.54, 1.807) is 13.1 Å². The normalized spacial score (nSPS) is 12.7. The fraction of sp³-hybridized carbons (Fsp3) is 0.308. The Hall–Kier alpha value is -1.13. The summed E-state index contributed by atoms with van der Waals surface area (Å²) in [6, 6.07) is 5.93. The van der Waals surface area contributed by atoms with Crippen molar-refractivity contribution in [2.24, 2.45) is 0 Å². The molecular formula is C13H15BrN2O. The van der Waals surface area contributed by atoms with Gasteiger partial charge >= 0.3 is 0 Å². The summed E-state index contributed by atoms with van der Waals surface area (Å²) in [5.41, 5.74) is 1.95. The summed E-state index contributed by atoms with van der Waals surface area (Å²) >= 11 is 3.49.